The Balaban J connectivity index is 1.72. The van der Waals surface area contributed by atoms with Crippen LogP contribution in [0.2, 0.25) is 0 Å². The molecule has 0 aliphatic carbocycles. The van der Waals surface area contributed by atoms with Gasteiger partial charge in [-0.2, -0.15) is 0 Å². The zero-order valence-corrected chi connectivity index (χ0v) is 19.1. The molecule has 1 rings (SSSR count). The van der Waals surface area contributed by atoms with E-state index >= 15 is 0 Å². The number of nitrogens with zero attached hydrogens (tertiary/aromatic N) is 1. The summed E-state index contributed by atoms with van der Waals surface area (Å²) < 4.78 is 0.952. The van der Waals surface area contributed by atoms with Crippen molar-refractivity contribution in [1.82, 2.24) is 0 Å². The van der Waals surface area contributed by atoms with Crippen LogP contribution in [0.3, 0.4) is 0 Å². The minimum absolute atomic E-state index is 0.952. The average Bonchev–Trinajstić information content (AvgIpc) is 2.71. The van der Waals surface area contributed by atoms with Gasteiger partial charge in [0, 0.05) is 0 Å². The predicted molar refractivity (Wildman–Crippen MR) is 127 cm³/mol. The van der Waals surface area contributed by atoms with Gasteiger partial charge in [0.1, 0.15) is 0 Å². The topological polar surface area (TPSA) is 0 Å². The Labute approximate surface area is 176 Å². The second kappa shape index (κ2) is 16.8. The van der Waals surface area contributed by atoms with Gasteiger partial charge >= 0.3 is 0 Å². The molecule has 0 atom stereocenters. The third kappa shape index (κ3) is 14.9. The Kier molecular flexibility index (Phi) is 15.0. The van der Waals surface area contributed by atoms with E-state index < -0.39 is 0 Å². The molecule has 0 radical (unpaired) electrons. The molecule has 1 aromatic carbocycles. The summed E-state index contributed by atoms with van der Waals surface area (Å²) in [5, 5.41) is 0. The van der Waals surface area contributed by atoms with Crippen molar-refractivity contribution in [1.29, 1.82) is 0 Å². The highest BCUT2D eigenvalue weighted by atomic mass is 15.3. The van der Waals surface area contributed by atoms with Crippen LogP contribution >= 0.6 is 0 Å². The molecule has 0 fully saturated rings. The Bertz CT molecular complexity index is 462. The third-order valence-corrected chi connectivity index (χ3v) is 6.04. The second-order valence-electron chi connectivity index (χ2n) is 9.22. The fourth-order valence-electron chi connectivity index (χ4n) is 3.88. The molecule has 1 nitrogen and oxygen atoms in total. The maximum absolute atomic E-state index is 3.91. The van der Waals surface area contributed by atoms with E-state index in [1.807, 2.05) is 6.20 Å². The first kappa shape index (κ1) is 25.0. The molecule has 0 saturated carbocycles. The minimum Gasteiger partial charge on any atom is -0.303 e. The van der Waals surface area contributed by atoms with Crippen molar-refractivity contribution in [2.24, 2.45) is 0 Å². The second-order valence-corrected chi connectivity index (χ2v) is 9.22. The van der Waals surface area contributed by atoms with Crippen molar-refractivity contribution in [2.45, 2.75) is 103 Å². The van der Waals surface area contributed by atoms with E-state index in [-0.39, 0.29) is 0 Å². The third-order valence-electron chi connectivity index (χ3n) is 6.04. The van der Waals surface area contributed by atoms with Gasteiger partial charge in [-0.15, -0.1) is 0 Å². The fourth-order valence-corrected chi connectivity index (χ4v) is 3.88. The monoisotopic (exact) mass is 386 g/mol. The molecule has 0 aromatic heterocycles. The normalized spacial score (nSPS) is 11.6. The Morgan fingerprint density at radius 3 is 1.43 bits per heavy atom. The predicted octanol–water partition coefficient (Wildman–Crippen LogP) is 8.30. The molecule has 1 heteroatoms. The van der Waals surface area contributed by atoms with Gasteiger partial charge in [-0.3, -0.25) is 0 Å². The van der Waals surface area contributed by atoms with Gasteiger partial charge in [-0.05, 0) is 37.8 Å². The van der Waals surface area contributed by atoms with E-state index in [0.717, 1.165) is 4.48 Å². The summed E-state index contributed by atoms with van der Waals surface area (Å²) in [6.45, 7) is 5.14. The van der Waals surface area contributed by atoms with Crippen molar-refractivity contribution in [2.75, 3.05) is 20.6 Å². The van der Waals surface area contributed by atoms with Crippen LogP contribution < -0.4 is 0 Å². The summed E-state index contributed by atoms with van der Waals surface area (Å²) in [4.78, 5) is 0. The highest BCUT2D eigenvalue weighted by Gasteiger charge is 2.08. The highest BCUT2D eigenvalue weighted by Crippen LogP contribution is 2.14. The quantitative estimate of drug-likeness (QED) is 0.166. The number of aryl methyl sites for hydroxylation is 1. The van der Waals surface area contributed by atoms with E-state index in [9.17, 15) is 0 Å². The highest BCUT2D eigenvalue weighted by molar-refractivity contribution is 5.14. The first-order valence-electron chi connectivity index (χ1n) is 12.1. The summed E-state index contributed by atoms with van der Waals surface area (Å²) in [6.07, 6.45) is 24.7. The van der Waals surface area contributed by atoms with Crippen molar-refractivity contribution in [3.63, 3.8) is 0 Å². The average molecular weight is 387 g/mol. The van der Waals surface area contributed by atoms with Gasteiger partial charge in [-0.25, -0.2) is 0 Å². The minimum atomic E-state index is 0.952. The Hall–Kier alpha value is -1.08. The van der Waals surface area contributed by atoms with Crippen LogP contribution in [-0.4, -0.2) is 25.1 Å². The summed E-state index contributed by atoms with van der Waals surface area (Å²) >= 11 is 0. The van der Waals surface area contributed by atoms with Gasteiger partial charge in [0.25, 0.3) is 0 Å². The first-order valence-corrected chi connectivity index (χ1v) is 12.1. The number of benzene rings is 1. The molecule has 0 aliphatic heterocycles. The van der Waals surface area contributed by atoms with Crippen LogP contribution in [0.5, 0.6) is 0 Å². The molecular weight excluding hydrogens is 338 g/mol. The van der Waals surface area contributed by atoms with Crippen LogP contribution in [0.4, 0.5) is 0 Å². The zero-order chi connectivity index (χ0) is 20.3. The van der Waals surface area contributed by atoms with Crippen LogP contribution in [0.15, 0.2) is 43.1 Å². The van der Waals surface area contributed by atoms with E-state index in [4.69, 9.17) is 0 Å². The van der Waals surface area contributed by atoms with Gasteiger partial charge < -0.3 is 4.48 Å². The number of hydrogen-bond donors (Lipinski definition) is 0. The largest absolute Gasteiger partial charge is 0.303 e. The lowest BCUT2D eigenvalue weighted by atomic mass is 10.0. The van der Waals surface area contributed by atoms with Crippen LogP contribution in [-0.2, 0) is 6.42 Å². The summed E-state index contributed by atoms with van der Waals surface area (Å²) in [5.74, 6) is 0. The molecule has 160 valence electrons. The van der Waals surface area contributed by atoms with Gasteiger partial charge in [0.05, 0.1) is 26.8 Å². The smallest absolute Gasteiger partial charge is 0.0881 e. The van der Waals surface area contributed by atoms with Crippen molar-refractivity contribution in [3.8, 4) is 0 Å². The molecule has 28 heavy (non-hydrogen) atoms. The number of rotatable bonds is 19. The number of unbranched alkanes of at least 4 members (excludes halogenated alkanes) is 14. The van der Waals surface area contributed by atoms with E-state index in [1.54, 1.807) is 0 Å². The lowest BCUT2D eigenvalue weighted by Gasteiger charge is -2.24. The van der Waals surface area contributed by atoms with Crippen molar-refractivity contribution >= 4 is 0 Å². The molecule has 0 saturated heterocycles. The maximum Gasteiger partial charge on any atom is 0.0881 e. The summed E-state index contributed by atoms with van der Waals surface area (Å²) in [7, 11) is 4.47. The molecule has 0 unspecified atom stereocenters. The standard InChI is InChI=1S/C27H48N/c1-4-28(2,3)26-22-17-15-13-11-9-7-5-6-8-10-12-14-16-19-23-27-24-20-18-21-25-27/h4,18,20-21,24-25H,1,5-17,19,22-23,26H2,2-3H3/q+1. The van der Waals surface area contributed by atoms with Crippen LogP contribution in [0, 0.1) is 0 Å². The van der Waals surface area contributed by atoms with Gasteiger partial charge in [0.15, 0.2) is 0 Å². The van der Waals surface area contributed by atoms with E-state index in [0.29, 0.717) is 0 Å². The van der Waals surface area contributed by atoms with E-state index in [2.05, 4.69) is 51.0 Å². The molecule has 0 bridgehead atoms. The summed E-state index contributed by atoms with van der Waals surface area (Å²) in [6, 6.07) is 10.9. The maximum atomic E-state index is 3.91. The zero-order valence-electron chi connectivity index (χ0n) is 19.1. The number of hydrogen-bond acceptors (Lipinski definition) is 0. The Morgan fingerprint density at radius 1 is 0.607 bits per heavy atom. The SMILES string of the molecule is C=C[N+](C)(C)CCCCCCCCCCCCCCCCCc1ccccc1. The Morgan fingerprint density at radius 2 is 1.00 bits per heavy atom. The van der Waals surface area contributed by atoms with Crippen LogP contribution in [0.25, 0.3) is 0 Å². The molecule has 0 N–H and O–H groups in total. The lowest BCUT2D eigenvalue weighted by Crippen LogP contribution is -2.33. The molecule has 0 amide bonds. The van der Waals surface area contributed by atoms with Crippen LogP contribution in [0.1, 0.15) is 102 Å². The van der Waals surface area contributed by atoms with Crippen molar-refractivity contribution in [3.05, 3.63) is 48.7 Å². The molecule has 0 aliphatic rings. The molecule has 0 heterocycles. The first-order chi connectivity index (χ1) is 13.6. The molecular formula is C27H48N+. The van der Waals surface area contributed by atoms with Gasteiger partial charge in [-0.1, -0.05) is 107 Å². The molecule has 1 aromatic rings. The lowest BCUT2D eigenvalue weighted by molar-refractivity contribution is -0.838. The number of quaternary nitrogens is 1. The van der Waals surface area contributed by atoms with E-state index in [1.165, 1.54) is 115 Å². The van der Waals surface area contributed by atoms with Gasteiger partial charge in [0.2, 0.25) is 0 Å². The van der Waals surface area contributed by atoms with Crippen molar-refractivity contribution < 1.29 is 4.48 Å². The summed E-state index contributed by atoms with van der Waals surface area (Å²) in [5.41, 5.74) is 1.50. The molecule has 0 spiro atoms. The fraction of sp³-hybridized carbons (Fsp3) is 0.704.